The van der Waals surface area contributed by atoms with Crippen molar-refractivity contribution in [1.82, 2.24) is 19.7 Å². The number of pyridine rings is 1. The van der Waals surface area contributed by atoms with E-state index in [4.69, 9.17) is 0 Å². The number of rotatable bonds is 6. The molecule has 0 aliphatic rings. The Bertz CT molecular complexity index is 1090. The molecule has 0 spiro atoms. The van der Waals surface area contributed by atoms with Crippen LogP contribution in [0.25, 0.3) is 16.7 Å². The Morgan fingerprint density at radius 3 is 2.74 bits per heavy atom. The molecule has 4 rings (SSSR count). The SMILES string of the molecule is CSc1ccc(CNC(=O)CSc2nc3ncccc3n3cccc23)cc1. The number of carbonyl (C=O) groups is 1. The fourth-order valence-electron chi connectivity index (χ4n) is 2.82. The van der Waals surface area contributed by atoms with E-state index in [0.29, 0.717) is 17.9 Å². The van der Waals surface area contributed by atoms with Gasteiger partial charge >= 0.3 is 0 Å². The van der Waals surface area contributed by atoms with E-state index in [0.717, 1.165) is 21.6 Å². The molecule has 5 nitrogen and oxygen atoms in total. The molecule has 27 heavy (non-hydrogen) atoms. The van der Waals surface area contributed by atoms with Crippen molar-refractivity contribution in [2.45, 2.75) is 16.5 Å². The Balaban J connectivity index is 1.43. The smallest absolute Gasteiger partial charge is 0.230 e. The van der Waals surface area contributed by atoms with Crippen LogP contribution in [0.3, 0.4) is 0 Å². The molecule has 0 aliphatic carbocycles. The molecule has 0 radical (unpaired) electrons. The molecule has 1 amide bonds. The van der Waals surface area contributed by atoms with Crippen LogP contribution in [0.5, 0.6) is 0 Å². The summed E-state index contributed by atoms with van der Waals surface area (Å²) in [6.07, 6.45) is 5.77. The Kier molecular flexibility index (Phi) is 5.31. The highest BCUT2D eigenvalue weighted by molar-refractivity contribution is 8.00. The number of nitrogens with zero attached hydrogens (tertiary/aromatic N) is 3. The number of fused-ring (bicyclic) bond motifs is 3. The minimum absolute atomic E-state index is 0.0124. The summed E-state index contributed by atoms with van der Waals surface area (Å²) in [6.45, 7) is 0.529. The van der Waals surface area contributed by atoms with E-state index < -0.39 is 0 Å². The van der Waals surface area contributed by atoms with E-state index in [1.165, 1.54) is 16.7 Å². The van der Waals surface area contributed by atoms with Crippen molar-refractivity contribution in [2.24, 2.45) is 0 Å². The summed E-state index contributed by atoms with van der Waals surface area (Å²) in [7, 11) is 0. The van der Waals surface area contributed by atoms with Gasteiger partial charge in [0.15, 0.2) is 5.65 Å². The van der Waals surface area contributed by atoms with E-state index in [1.54, 1.807) is 18.0 Å². The Hall–Kier alpha value is -2.51. The fraction of sp³-hybridized carbons (Fsp3) is 0.150. The number of amides is 1. The lowest BCUT2D eigenvalue weighted by atomic mass is 10.2. The average Bonchev–Trinajstić information content (AvgIpc) is 3.21. The summed E-state index contributed by atoms with van der Waals surface area (Å²) in [5.41, 5.74) is 3.71. The predicted molar refractivity (Wildman–Crippen MR) is 111 cm³/mol. The maximum atomic E-state index is 12.3. The summed E-state index contributed by atoms with van der Waals surface area (Å²) >= 11 is 3.14. The predicted octanol–water partition coefficient (Wildman–Crippen LogP) is 4.01. The van der Waals surface area contributed by atoms with Gasteiger partial charge in [-0.1, -0.05) is 23.9 Å². The molecule has 4 aromatic rings. The lowest BCUT2D eigenvalue weighted by molar-refractivity contribution is -0.118. The number of hydrogen-bond donors (Lipinski definition) is 1. The number of hydrogen-bond acceptors (Lipinski definition) is 5. The molecule has 1 aromatic carbocycles. The van der Waals surface area contributed by atoms with Crippen molar-refractivity contribution in [3.05, 3.63) is 66.5 Å². The summed E-state index contributed by atoms with van der Waals surface area (Å²) in [6, 6.07) is 16.1. The number of benzene rings is 1. The van der Waals surface area contributed by atoms with Crippen LogP contribution < -0.4 is 5.32 Å². The molecule has 0 unspecified atom stereocenters. The average molecular weight is 395 g/mol. The summed E-state index contributed by atoms with van der Waals surface area (Å²) in [4.78, 5) is 22.5. The minimum Gasteiger partial charge on any atom is -0.351 e. The quantitative estimate of drug-likeness (QED) is 0.501. The second kappa shape index (κ2) is 8.02. The lowest BCUT2D eigenvalue weighted by Gasteiger charge is -2.08. The van der Waals surface area contributed by atoms with Crippen LogP contribution in [0, 0.1) is 0 Å². The van der Waals surface area contributed by atoms with E-state index >= 15 is 0 Å². The molecule has 1 N–H and O–H groups in total. The Labute approximate surface area is 165 Å². The van der Waals surface area contributed by atoms with Gasteiger partial charge in [-0.05, 0) is 48.2 Å². The molecule has 136 valence electrons. The second-order valence-electron chi connectivity index (χ2n) is 5.94. The molecule has 0 saturated carbocycles. The van der Waals surface area contributed by atoms with Crippen LogP contribution in [-0.2, 0) is 11.3 Å². The molecular weight excluding hydrogens is 376 g/mol. The highest BCUT2D eigenvalue weighted by atomic mass is 32.2. The zero-order valence-corrected chi connectivity index (χ0v) is 16.4. The second-order valence-corrected chi connectivity index (χ2v) is 7.78. The number of thioether (sulfide) groups is 2. The zero-order valence-electron chi connectivity index (χ0n) is 14.8. The van der Waals surface area contributed by atoms with Gasteiger partial charge in [-0.25, -0.2) is 9.97 Å². The van der Waals surface area contributed by atoms with E-state index in [9.17, 15) is 4.79 Å². The number of nitrogens with one attached hydrogen (secondary N) is 1. The van der Waals surface area contributed by atoms with Gasteiger partial charge in [-0.3, -0.25) is 4.79 Å². The van der Waals surface area contributed by atoms with Gasteiger partial charge in [0.2, 0.25) is 5.91 Å². The maximum Gasteiger partial charge on any atom is 0.230 e. The van der Waals surface area contributed by atoms with Gasteiger partial charge < -0.3 is 9.72 Å². The van der Waals surface area contributed by atoms with Crippen LogP contribution >= 0.6 is 23.5 Å². The molecule has 7 heteroatoms. The van der Waals surface area contributed by atoms with Crippen LogP contribution in [0.4, 0.5) is 0 Å². The summed E-state index contributed by atoms with van der Waals surface area (Å²) in [5, 5.41) is 3.78. The standard InChI is InChI=1S/C20H18N4OS2/c1-26-15-8-6-14(7-9-15)12-22-18(25)13-27-20-17-5-3-11-24(17)16-4-2-10-21-19(16)23-20/h2-11H,12-13H2,1H3,(H,22,25). The third kappa shape index (κ3) is 3.94. The molecule has 3 aromatic heterocycles. The first kappa shape index (κ1) is 17.9. The van der Waals surface area contributed by atoms with E-state index in [-0.39, 0.29) is 5.91 Å². The summed E-state index contributed by atoms with van der Waals surface area (Å²) in [5.74, 6) is 0.302. The molecule has 0 saturated heterocycles. The van der Waals surface area contributed by atoms with E-state index in [1.807, 2.05) is 48.9 Å². The van der Waals surface area contributed by atoms with Gasteiger partial charge in [0.1, 0.15) is 5.03 Å². The van der Waals surface area contributed by atoms with Gasteiger partial charge in [-0.15, -0.1) is 11.8 Å². The first-order chi connectivity index (χ1) is 13.2. The van der Waals surface area contributed by atoms with Crippen molar-refractivity contribution in [3.63, 3.8) is 0 Å². The van der Waals surface area contributed by atoms with Gasteiger partial charge in [-0.2, -0.15) is 0 Å². The monoisotopic (exact) mass is 394 g/mol. The highest BCUT2D eigenvalue weighted by Gasteiger charge is 2.11. The van der Waals surface area contributed by atoms with Crippen LogP contribution in [0.15, 0.2) is 70.8 Å². The third-order valence-electron chi connectivity index (χ3n) is 4.19. The lowest BCUT2D eigenvalue weighted by Crippen LogP contribution is -2.24. The van der Waals surface area contributed by atoms with Gasteiger partial charge in [0, 0.05) is 23.8 Å². The fourth-order valence-corrected chi connectivity index (χ4v) is 4.06. The normalized spacial score (nSPS) is 11.1. The Morgan fingerprint density at radius 2 is 1.93 bits per heavy atom. The maximum absolute atomic E-state index is 12.3. The van der Waals surface area contributed by atoms with Crippen LogP contribution in [0.2, 0.25) is 0 Å². The van der Waals surface area contributed by atoms with Crippen molar-refractivity contribution in [3.8, 4) is 0 Å². The third-order valence-corrected chi connectivity index (χ3v) is 5.91. The minimum atomic E-state index is -0.0124. The number of aromatic nitrogens is 3. The van der Waals surface area contributed by atoms with E-state index in [2.05, 4.69) is 31.8 Å². The zero-order chi connectivity index (χ0) is 18.6. The molecule has 0 atom stereocenters. The van der Waals surface area contributed by atoms with Crippen molar-refractivity contribution < 1.29 is 4.79 Å². The topological polar surface area (TPSA) is 59.3 Å². The Morgan fingerprint density at radius 1 is 1.11 bits per heavy atom. The molecule has 0 bridgehead atoms. The van der Waals surface area contributed by atoms with Gasteiger partial charge in [0.05, 0.1) is 16.8 Å². The molecule has 0 aliphatic heterocycles. The molecular formula is C20H18N4OS2. The first-order valence-corrected chi connectivity index (χ1v) is 10.7. The van der Waals surface area contributed by atoms with Crippen molar-refractivity contribution in [2.75, 3.05) is 12.0 Å². The van der Waals surface area contributed by atoms with Crippen molar-refractivity contribution in [1.29, 1.82) is 0 Å². The highest BCUT2D eigenvalue weighted by Crippen LogP contribution is 2.25. The van der Waals surface area contributed by atoms with Crippen molar-refractivity contribution >= 4 is 46.1 Å². The summed E-state index contributed by atoms with van der Waals surface area (Å²) < 4.78 is 2.06. The van der Waals surface area contributed by atoms with Crippen LogP contribution in [0.1, 0.15) is 5.56 Å². The first-order valence-electron chi connectivity index (χ1n) is 8.49. The number of carbonyl (C=O) groups excluding carboxylic acids is 1. The largest absolute Gasteiger partial charge is 0.351 e. The molecule has 3 heterocycles. The van der Waals surface area contributed by atoms with Gasteiger partial charge in [0.25, 0.3) is 0 Å². The molecule has 0 fully saturated rings. The van der Waals surface area contributed by atoms with Crippen LogP contribution in [-0.4, -0.2) is 32.3 Å².